The molecule has 2 fully saturated rings. The molecule has 2 saturated heterocycles. The average molecular weight is 1060 g/mol. The second-order valence-electron chi connectivity index (χ2n) is 15.0. The van der Waals surface area contributed by atoms with E-state index >= 15 is 0 Å². The Kier molecular flexibility index (Phi) is 14.4. The van der Waals surface area contributed by atoms with Gasteiger partial charge in [0.15, 0.2) is 0 Å². The van der Waals surface area contributed by atoms with Gasteiger partial charge >= 0.3 is 12.2 Å². The van der Waals surface area contributed by atoms with Crippen LogP contribution < -0.4 is 5.73 Å². The van der Waals surface area contributed by atoms with Gasteiger partial charge in [0, 0.05) is 69.2 Å². The SMILES string of the molecule is CCOC(=O)N1CCC(=C2c3cc(N)c(Cl)c(Br)c3CCc3cc(Br)cnc32)CC1.CCOC(=O)N1CCC(=C2c3cc([N+](=O)[O-])c(Cl)cc3CCc3cc(Br)cnc32)CC1. The lowest BCUT2D eigenvalue weighted by Crippen LogP contribution is -2.37. The molecule has 0 atom stereocenters. The van der Waals surface area contributed by atoms with Gasteiger partial charge in [-0.1, -0.05) is 34.3 Å². The Balaban J connectivity index is 0.000000184. The first-order valence-corrected chi connectivity index (χ1v) is 23.2. The van der Waals surface area contributed by atoms with Gasteiger partial charge in [-0.05, 0) is 171 Å². The lowest BCUT2D eigenvalue weighted by atomic mass is 9.88. The number of hydrogen-bond donors (Lipinski definition) is 1. The highest BCUT2D eigenvalue weighted by molar-refractivity contribution is 9.11. The molecule has 2 N–H and O–H groups in total. The molecule has 4 heterocycles. The summed E-state index contributed by atoms with van der Waals surface area (Å²) in [4.78, 5) is 48.3. The normalized spacial score (nSPS) is 15.9. The van der Waals surface area contributed by atoms with E-state index in [0.717, 1.165) is 101 Å². The van der Waals surface area contributed by atoms with Crippen LogP contribution in [0.3, 0.4) is 0 Å². The number of amides is 2. The first kappa shape index (κ1) is 45.0. The molecule has 0 unspecified atom stereocenters. The van der Waals surface area contributed by atoms with Gasteiger partial charge in [0.1, 0.15) is 5.02 Å². The number of nitro benzene ring substituents is 1. The van der Waals surface area contributed by atoms with Gasteiger partial charge in [-0.3, -0.25) is 20.1 Å². The van der Waals surface area contributed by atoms with Crippen molar-refractivity contribution in [3.05, 3.63) is 132 Å². The molecular formula is C44H43Br3Cl2N6O6. The molecule has 12 nitrogen and oxygen atoms in total. The lowest BCUT2D eigenvalue weighted by Gasteiger charge is -2.29. The number of likely N-dealkylation sites (tertiary alicyclic amines) is 2. The topological polar surface area (TPSA) is 154 Å². The summed E-state index contributed by atoms with van der Waals surface area (Å²) in [6.07, 6.45) is 9.06. The molecule has 61 heavy (non-hydrogen) atoms. The quantitative estimate of drug-likeness (QED) is 0.120. The average Bonchev–Trinajstić information content (AvgIpc) is 3.50. The number of carbonyl (C=O) groups is 2. The van der Waals surface area contributed by atoms with Crippen LogP contribution in [0.4, 0.5) is 21.0 Å². The molecule has 0 bridgehead atoms. The number of nitrogens with two attached hydrogens (primary N) is 1. The number of carbonyl (C=O) groups excluding carboxylic acids is 2. The number of hydrogen-bond acceptors (Lipinski definition) is 9. The van der Waals surface area contributed by atoms with Crippen LogP contribution in [-0.4, -0.2) is 76.3 Å². The standard InChI is InChI=1S/C22H22Br2ClN3O2.C22H21BrClN3O4/c1-2-30-22(29)28-7-5-12(6-8-28)18-16-10-17(26)20(25)19(24)15(16)4-3-13-9-14(23)11-27-21(13)18;1-2-31-22(28)26-7-5-13(6-8-26)20-17-11-19(27(29)30)18(24)10-14(17)3-4-15-9-16(23)12-25-21(15)20/h9-11H,2-8,26H2,1H3;9-12H,2-8H2,1H3. The molecule has 2 aliphatic heterocycles. The number of fused-ring (bicyclic) bond motifs is 4. The van der Waals surface area contributed by atoms with E-state index in [4.69, 9.17) is 48.4 Å². The molecule has 2 aromatic heterocycles. The summed E-state index contributed by atoms with van der Waals surface area (Å²) in [7, 11) is 0. The highest BCUT2D eigenvalue weighted by atomic mass is 79.9. The van der Waals surface area contributed by atoms with Crippen molar-refractivity contribution in [1.29, 1.82) is 0 Å². The van der Waals surface area contributed by atoms with E-state index in [1.165, 1.54) is 11.1 Å². The van der Waals surface area contributed by atoms with Crippen molar-refractivity contribution in [2.75, 3.05) is 45.1 Å². The summed E-state index contributed by atoms with van der Waals surface area (Å²) < 4.78 is 13.0. The number of aryl methyl sites for hydroxylation is 3. The maximum absolute atomic E-state index is 12.1. The fourth-order valence-corrected chi connectivity index (χ4v) is 10.3. The number of rotatable bonds is 3. The number of aromatic nitrogens is 2. The Labute approximate surface area is 389 Å². The second kappa shape index (κ2) is 19.6. The Morgan fingerprint density at radius 2 is 1.20 bits per heavy atom. The zero-order chi connectivity index (χ0) is 43.5. The van der Waals surface area contributed by atoms with E-state index in [1.807, 2.05) is 19.2 Å². The van der Waals surface area contributed by atoms with Crippen LogP contribution in [0.15, 0.2) is 67.3 Å². The van der Waals surface area contributed by atoms with Gasteiger partial charge in [-0.25, -0.2) is 9.59 Å². The zero-order valence-electron chi connectivity index (χ0n) is 33.6. The number of benzene rings is 2. The molecule has 4 aliphatic rings. The minimum Gasteiger partial charge on any atom is -0.450 e. The summed E-state index contributed by atoms with van der Waals surface area (Å²) in [5, 5.41) is 12.3. The number of nitrogen functional groups attached to an aromatic ring is 1. The number of pyridine rings is 2. The fraction of sp³-hybridized carbons (Fsp3) is 0.364. The van der Waals surface area contributed by atoms with Gasteiger partial charge in [0.05, 0.1) is 40.2 Å². The molecule has 0 radical (unpaired) electrons. The third kappa shape index (κ3) is 9.65. The van der Waals surface area contributed by atoms with Crippen molar-refractivity contribution >= 4 is 106 Å². The summed E-state index contributed by atoms with van der Waals surface area (Å²) in [6, 6.07) is 9.46. The third-order valence-corrected chi connectivity index (χ3v) is 14.1. The van der Waals surface area contributed by atoms with Gasteiger partial charge in [0.2, 0.25) is 0 Å². The number of anilines is 1. The Morgan fingerprint density at radius 1 is 0.721 bits per heavy atom. The molecule has 8 rings (SSSR count). The summed E-state index contributed by atoms with van der Waals surface area (Å²) in [5.41, 5.74) is 19.3. The molecule has 2 amide bonds. The maximum atomic E-state index is 12.1. The van der Waals surface area contributed by atoms with Gasteiger partial charge < -0.3 is 25.0 Å². The first-order chi connectivity index (χ1) is 29.3. The first-order valence-electron chi connectivity index (χ1n) is 20.1. The van der Waals surface area contributed by atoms with E-state index in [9.17, 15) is 19.7 Å². The highest BCUT2D eigenvalue weighted by Gasteiger charge is 2.31. The second-order valence-corrected chi connectivity index (χ2v) is 18.4. The lowest BCUT2D eigenvalue weighted by molar-refractivity contribution is -0.384. The Morgan fingerprint density at radius 3 is 1.69 bits per heavy atom. The predicted octanol–water partition coefficient (Wildman–Crippen LogP) is 11.6. The van der Waals surface area contributed by atoms with E-state index in [0.29, 0.717) is 69.4 Å². The van der Waals surface area contributed by atoms with Crippen LogP contribution in [0.25, 0.3) is 11.1 Å². The van der Waals surface area contributed by atoms with Crippen LogP contribution >= 0.6 is 71.0 Å². The summed E-state index contributed by atoms with van der Waals surface area (Å²) in [5.74, 6) is 0. The summed E-state index contributed by atoms with van der Waals surface area (Å²) in [6.45, 7) is 6.67. The van der Waals surface area contributed by atoms with Gasteiger partial charge in [-0.2, -0.15) is 0 Å². The molecule has 4 aromatic rings. The minimum absolute atomic E-state index is 0.108. The van der Waals surface area contributed by atoms with Crippen molar-refractivity contribution in [3.63, 3.8) is 0 Å². The Hall–Kier alpha value is -4.02. The molecule has 320 valence electrons. The Bertz CT molecular complexity index is 2480. The molecule has 17 heteroatoms. The third-order valence-electron chi connectivity index (χ3n) is 11.4. The van der Waals surface area contributed by atoms with Crippen LogP contribution in [-0.2, 0) is 35.2 Å². The van der Waals surface area contributed by atoms with Crippen LogP contribution in [0, 0.1) is 10.1 Å². The predicted molar refractivity (Wildman–Crippen MR) is 248 cm³/mol. The van der Waals surface area contributed by atoms with Crippen molar-refractivity contribution in [2.24, 2.45) is 0 Å². The monoisotopic (exact) mass is 1060 g/mol. The number of piperidine rings is 2. The smallest absolute Gasteiger partial charge is 0.409 e. The van der Waals surface area contributed by atoms with E-state index in [-0.39, 0.29) is 22.9 Å². The highest BCUT2D eigenvalue weighted by Crippen LogP contribution is 2.45. The number of ether oxygens (including phenoxy) is 2. The van der Waals surface area contributed by atoms with Crippen molar-refractivity contribution in [2.45, 2.75) is 65.2 Å². The summed E-state index contributed by atoms with van der Waals surface area (Å²) >= 11 is 23.4. The maximum Gasteiger partial charge on any atom is 0.409 e. The molecule has 0 saturated carbocycles. The van der Waals surface area contributed by atoms with Crippen molar-refractivity contribution in [1.82, 2.24) is 19.8 Å². The van der Waals surface area contributed by atoms with Crippen LogP contribution in [0.5, 0.6) is 0 Å². The zero-order valence-corrected chi connectivity index (χ0v) is 39.9. The molecule has 2 aromatic carbocycles. The van der Waals surface area contributed by atoms with Crippen LogP contribution in [0.2, 0.25) is 10.0 Å². The number of nitro groups is 1. The largest absolute Gasteiger partial charge is 0.450 e. The molecule has 2 aliphatic carbocycles. The van der Waals surface area contributed by atoms with E-state index in [2.05, 4.69) is 59.9 Å². The minimum atomic E-state index is -0.449. The van der Waals surface area contributed by atoms with E-state index < -0.39 is 4.92 Å². The fourth-order valence-electron chi connectivity index (χ4n) is 8.47. The number of nitrogens with zero attached hydrogens (tertiary/aromatic N) is 5. The molecule has 0 spiro atoms. The van der Waals surface area contributed by atoms with Gasteiger partial charge in [0.25, 0.3) is 5.69 Å². The van der Waals surface area contributed by atoms with Crippen molar-refractivity contribution < 1.29 is 24.0 Å². The number of halogens is 5. The van der Waals surface area contributed by atoms with Gasteiger partial charge in [-0.15, -0.1) is 0 Å². The van der Waals surface area contributed by atoms with Crippen molar-refractivity contribution in [3.8, 4) is 0 Å². The van der Waals surface area contributed by atoms with Crippen LogP contribution in [0.1, 0.15) is 84.3 Å². The molecular weight excluding hydrogens is 1020 g/mol. The van der Waals surface area contributed by atoms with E-state index in [1.54, 1.807) is 35.1 Å².